The highest BCUT2D eigenvalue weighted by Crippen LogP contribution is 2.47. The van der Waals surface area contributed by atoms with Crippen molar-refractivity contribution in [1.29, 1.82) is 0 Å². The Kier molecular flexibility index (Phi) is 5.96. The van der Waals surface area contributed by atoms with Crippen molar-refractivity contribution < 1.29 is 4.74 Å². The van der Waals surface area contributed by atoms with E-state index in [2.05, 4.69) is 53.6 Å². The SMILES string of the molecule is CN=C(NCC1(c2ccc(OC)cc2)CC1)NC(C)Cc1c(C)nn(C)c1C. The predicted molar refractivity (Wildman–Crippen MR) is 114 cm³/mol. The zero-order valence-electron chi connectivity index (χ0n) is 18.0. The fourth-order valence-corrected chi connectivity index (χ4v) is 3.81. The first kappa shape index (κ1) is 20.2. The number of aliphatic imine (C=N–C) groups is 1. The zero-order chi connectivity index (χ0) is 20.3. The van der Waals surface area contributed by atoms with Gasteiger partial charge in [-0.3, -0.25) is 9.67 Å². The highest BCUT2D eigenvalue weighted by atomic mass is 16.5. The first-order valence-corrected chi connectivity index (χ1v) is 9.99. The van der Waals surface area contributed by atoms with Crippen LogP contribution in [0, 0.1) is 13.8 Å². The fourth-order valence-electron chi connectivity index (χ4n) is 3.81. The monoisotopic (exact) mass is 383 g/mol. The molecule has 6 heteroatoms. The van der Waals surface area contributed by atoms with Crippen molar-refractivity contribution >= 4 is 5.96 Å². The maximum absolute atomic E-state index is 5.28. The summed E-state index contributed by atoms with van der Waals surface area (Å²) in [4.78, 5) is 4.43. The van der Waals surface area contributed by atoms with Crippen molar-refractivity contribution in [2.45, 2.75) is 51.5 Å². The first-order chi connectivity index (χ1) is 13.4. The van der Waals surface area contributed by atoms with Gasteiger partial charge in [-0.15, -0.1) is 0 Å². The van der Waals surface area contributed by atoms with Crippen molar-refractivity contribution in [2.24, 2.45) is 12.0 Å². The van der Waals surface area contributed by atoms with Crippen LogP contribution in [0.25, 0.3) is 0 Å². The van der Waals surface area contributed by atoms with Crippen LogP contribution in [0.1, 0.15) is 42.3 Å². The van der Waals surface area contributed by atoms with Gasteiger partial charge < -0.3 is 15.4 Å². The van der Waals surface area contributed by atoms with E-state index in [0.29, 0.717) is 0 Å². The van der Waals surface area contributed by atoms with Gasteiger partial charge in [0.2, 0.25) is 0 Å². The number of methoxy groups -OCH3 is 1. The molecule has 6 nitrogen and oxygen atoms in total. The van der Waals surface area contributed by atoms with E-state index in [4.69, 9.17) is 4.74 Å². The minimum atomic E-state index is 0.212. The summed E-state index contributed by atoms with van der Waals surface area (Å²) < 4.78 is 7.23. The average molecular weight is 384 g/mol. The van der Waals surface area contributed by atoms with Gasteiger partial charge in [0, 0.05) is 37.8 Å². The number of rotatable bonds is 7. The van der Waals surface area contributed by atoms with Crippen molar-refractivity contribution in [3.63, 3.8) is 0 Å². The van der Waals surface area contributed by atoms with E-state index < -0.39 is 0 Å². The molecule has 0 amide bonds. The Morgan fingerprint density at radius 1 is 1.29 bits per heavy atom. The molecule has 2 N–H and O–H groups in total. The molecule has 0 saturated heterocycles. The summed E-state index contributed by atoms with van der Waals surface area (Å²) in [7, 11) is 5.53. The van der Waals surface area contributed by atoms with Gasteiger partial charge >= 0.3 is 0 Å². The summed E-state index contributed by atoms with van der Waals surface area (Å²) in [6.45, 7) is 7.28. The number of guanidine groups is 1. The third kappa shape index (κ3) is 4.32. The molecule has 1 aromatic heterocycles. The van der Waals surface area contributed by atoms with E-state index in [1.807, 2.05) is 30.9 Å². The number of benzene rings is 1. The molecule has 0 bridgehead atoms. The average Bonchev–Trinajstić information content (AvgIpc) is 3.45. The maximum Gasteiger partial charge on any atom is 0.191 e. The molecule has 0 spiro atoms. The predicted octanol–water partition coefficient (Wildman–Crippen LogP) is 2.87. The first-order valence-electron chi connectivity index (χ1n) is 9.99. The quantitative estimate of drug-likeness (QED) is 0.570. The molecule has 1 aliphatic rings. The van der Waals surface area contributed by atoms with Gasteiger partial charge in [-0.2, -0.15) is 5.10 Å². The number of hydrogen-bond acceptors (Lipinski definition) is 3. The van der Waals surface area contributed by atoms with E-state index in [1.165, 1.54) is 29.7 Å². The van der Waals surface area contributed by atoms with Crippen LogP contribution in [-0.4, -0.2) is 42.5 Å². The van der Waals surface area contributed by atoms with Crippen molar-refractivity contribution in [1.82, 2.24) is 20.4 Å². The molecule has 1 unspecified atom stereocenters. The van der Waals surface area contributed by atoms with Crippen LogP contribution in [0.5, 0.6) is 5.75 Å². The Bertz CT molecular complexity index is 833. The molecule has 0 radical (unpaired) electrons. The summed E-state index contributed by atoms with van der Waals surface area (Å²) in [5.41, 5.74) is 5.23. The standard InChI is InChI=1S/C22H33N5O/c1-15(13-20-16(2)26-27(5)17(20)3)25-21(23-4)24-14-22(11-12-22)18-7-9-19(28-6)10-8-18/h7-10,15H,11-14H2,1-6H3,(H2,23,24,25). The molecule has 1 saturated carbocycles. The van der Waals surface area contributed by atoms with Crippen molar-refractivity contribution in [2.75, 3.05) is 20.7 Å². The smallest absolute Gasteiger partial charge is 0.191 e. The van der Waals surface area contributed by atoms with Crippen molar-refractivity contribution in [3.05, 3.63) is 46.8 Å². The Morgan fingerprint density at radius 3 is 2.46 bits per heavy atom. The van der Waals surface area contributed by atoms with Gasteiger partial charge in [-0.25, -0.2) is 0 Å². The number of ether oxygens (including phenoxy) is 1. The summed E-state index contributed by atoms with van der Waals surface area (Å²) in [6, 6.07) is 8.72. The van der Waals surface area contributed by atoms with Crippen LogP contribution in [0.2, 0.25) is 0 Å². The van der Waals surface area contributed by atoms with Gasteiger partial charge in [-0.1, -0.05) is 12.1 Å². The van der Waals surface area contributed by atoms with Crippen LogP contribution in [0.3, 0.4) is 0 Å². The normalized spacial score (nSPS) is 16.6. The lowest BCUT2D eigenvalue weighted by Gasteiger charge is -2.22. The van der Waals surface area contributed by atoms with Gasteiger partial charge in [0.05, 0.1) is 12.8 Å². The molecule has 0 aliphatic heterocycles. The Balaban J connectivity index is 1.57. The van der Waals surface area contributed by atoms with E-state index in [1.54, 1.807) is 7.11 Å². The molecule has 1 fully saturated rings. The summed E-state index contributed by atoms with van der Waals surface area (Å²) in [5.74, 6) is 1.76. The second kappa shape index (κ2) is 8.25. The Morgan fingerprint density at radius 2 is 1.96 bits per heavy atom. The fraction of sp³-hybridized carbons (Fsp3) is 0.545. The van der Waals surface area contributed by atoms with E-state index in [9.17, 15) is 0 Å². The molecule has 152 valence electrons. The lowest BCUT2D eigenvalue weighted by Crippen LogP contribution is -2.45. The Hall–Kier alpha value is -2.50. The minimum Gasteiger partial charge on any atom is -0.497 e. The van der Waals surface area contributed by atoms with Gasteiger partial charge in [0.15, 0.2) is 5.96 Å². The number of nitrogens with one attached hydrogen (secondary N) is 2. The summed E-state index contributed by atoms with van der Waals surface area (Å²) in [6.07, 6.45) is 3.33. The summed E-state index contributed by atoms with van der Waals surface area (Å²) in [5, 5.41) is 11.6. The van der Waals surface area contributed by atoms with E-state index >= 15 is 0 Å². The molecular formula is C22H33N5O. The molecule has 3 rings (SSSR count). The second-order valence-electron chi connectivity index (χ2n) is 7.96. The van der Waals surface area contributed by atoms with Gasteiger partial charge in [0.1, 0.15) is 5.75 Å². The van der Waals surface area contributed by atoms with Crippen molar-refractivity contribution in [3.8, 4) is 5.75 Å². The minimum absolute atomic E-state index is 0.212. The second-order valence-corrected chi connectivity index (χ2v) is 7.96. The molecule has 2 aromatic rings. The number of aryl methyl sites for hydroxylation is 2. The summed E-state index contributed by atoms with van der Waals surface area (Å²) >= 11 is 0. The van der Waals surface area contributed by atoms with Crippen LogP contribution in [0.4, 0.5) is 0 Å². The number of hydrogen-bond donors (Lipinski definition) is 2. The Labute approximate surface area is 168 Å². The lowest BCUT2D eigenvalue weighted by molar-refractivity contribution is 0.414. The maximum atomic E-state index is 5.28. The number of nitrogens with zero attached hydrogens (tertiary/aromatic N) is 3. The topological polar surface area (TPSA) is 63.5 Å². The third-order valence-corrected chi connectivity index (χ3v) is 5.93. The van der Waals surface area contributed by atoms with Gasteiger partial charge in [-0.05, 0) is 63.3 Å². The molecule has 1 atom stereocenters. The van der Waals surface area contributed by atoms with Crippen LogP contribution in [-0.2, 0) is 18.9 Å². The third-order valence-electron chi connectivity index (χ3n) is 5.93. The molecule has 28 heavy (non-hydrogen) atoms. The van der Waals surface area contributed by atoms with Gasteiger partial charge in [0.25, 0.3) is 0 Å². The van der Waals surface area contributed by atoms with Crippen LogP contribution < -0.4 is 15.4 Å². The van der Waals surface area contributed by atoms with Crippen LogP contribution in [0.15, 0.2) is 29.3 Å². The molecule has 1 heterocycles. The van der Waals surface area contributed by atoms with E-state index in [-0.39, 0.29) is 11.5 Å². The molecular weight excluding hydrogens is 350 g/mol. The molecule has 1 aliphatic carbocycles. The zero-order valence-corrected chi connectivity index (χ0v) is 18.0. The number of aromatic nitrogens is 2. The van der Waals surface area contributed by atoms with E-state index in [0.717, 1.165) is 30.4 Å². The lowest BCUT2D eigenvalue weighted by atomic mass is 9.96. The highest BCUT2D eigenvalue weighted by molar-refractivity contribution is 5.80. The molecule has 1 aromatic carbocycles. The highest BCUT2D eigenvalue weighted by Gasteiger charge is 2.44. The van der Waals surface area contributed by atoms with Crippen LogP contribution >= 0.6 is 0 Å². The largest absolute Gasteiger partial charge is 0.497 e.